The Morgan fingerprint density at radius 2 is 0.812 bits per heavy atom. The number of hydrogen-bond donors (Lipinski definition) is 0. The molecule has 98 valence electrons. The van der Waals surface area contributed by atoms with Crippen LogP contribution in [0.5, 0.6) is 0 Å². The highest BCUT2D eigenvalue weighted by molar-refractivity contribution is 4.41. The predicted molar refractivity (Wildman–Crippen MR) is 69.9 cm³/mol. The van der Waals surface area contributed by atoms with Crippen LogP contribution in [0.3, 0.4) is 0 Å². The molecule has 0 aromatic rings. The zero-order valence-corrected chi connectivity index (χ0v) is 11.3. The first-order valence-corrected chi connectivity index (χ1v) is 7.07. The molecule has 0 saturated heterocycles. The van der Waals surface area contributed by atoms with Gasteiger partial charge in [0.1, 0.15) is 0 Å². The van der Waals surface area contributed by atoms with Gasteiger partial charge >= 0.3 is 0 Å². The van der Waals surface area contributed by atoms with E-state index in [1.165, 1.54) is 38.5 Å². The lowest BCUT2D eigenvalue weighted by atomic mass is 10.3. The van der Waals surface area contributed by atoms with Crippen LogP contribution in [0.15, 0.2) is 0 Å². The molecule has 0 aromatic heterocycles. The summed E-state index contributed by atoms with van der Waals surface area (Å²) in [4.78, 5) is 0. The fraction of sp³-hybridized carbons (Fsp3) is 1.00. The molecule has 0 heterocycles. The van der Waals surface area contributed by atoms with E-state index in [1.807, 2.05) is 0 Å². The van der Waals surface area contributed by atoms with E-state index in [2.05, 4.69) is 13.8 Å². The van der Waals surface area contributed by atoms with Crippen LogP contribution in [0.1, 0.15) is 65.2 Å². The summed E-state index contributed by atoms with van der Waals surface area (Å²) < 4.78 is 11.1. The van der Waals surface area contributed by atoms with Crippen molar-refractivity contribution in [2.75, 3.05) is 26.4 Å². The maximum absolute atomic E-state index is 5.53. The summed E-state index contributed by atoms with van der Waals surface area (Å²) in [7, 11) is 0. The van der Waals surface area contributed by atoms with Crippen molar-refractivity contribution in [2.24, 2.45) is 0 Å². The van der Waals surface area contributed by atoms with E-state index in [0.717, 1.165) is 39.3 Å². The van der Waals surface area contributed by atoms with Crippen molar-refractivity contribution in [3.05, 3.63) is 0 Å². The Bertz CT molecular complexity index is 101. The first-order valence-electron chi connectivity index (χ1n) is 7.07. The first-order chi connectivity index (χ1) is 7.91. The minimum Gasteiger partial charge on any atom is -0.381 e. The van der Waals surface area contributed by atoms with Gasteiger partial charge < -0.3 is 9.47 Å². The lowest BCUT2D eigenvalue weighted by Crippen LogP contribution is -2.01. The zero-order valence-electron chi connectivity index (χ0n) is 11.3. The van der Waals surface area contributed by atoms with Gasteiger partial charge in [0, 0.05) is 26.4 Å². The quantitative estimate of drug-likeness (QED) is 0.442. The van der Waals surface area contributed by atoms with Gasteiger partial charge in [-0.3, -0.25) is 0 Å². The average molecular weight is 230 g/mol. The molecular weight excluding hydrogens is 200 g/mol. The van der Waals surface area contributed by atoms with Crippen LogP contribution in [0.4, 0.5) is 0 Å². The average Bonchev–Trinajstić information content (AvgIpc) is 2.31. The van der Waals surface area contributed by atoms with Crippen molar-refractivity contribution in [2.45, 2.75) is 65.2 Å². The highest BCUT2D eigenvalue weighted by Crippen LogP contribution is 1.98. The lowest BCUT2D eigenvalue weighted by Gasteiger charge is -2.05. The largest absolute Gasteiger partial charge is 0.381 e. The third kappa shape index (κ3) is 13.9. The van der Waals surface area contributed by atoms with E-state index in [1.54, 1.807) is 0 Å². The van der Waals surface area contributed by atoms with Crippen molar-refractivity contribution in [1.82, 2.24) is 0 Å². The summed E-state index contributed by atoms with van der Waals surface area (Å²) in [6.07, 6.45) is 9.83. The van der Waals surface area contributed by atoms with Crippen molar-refractivity contribution in [1.29, 1.82) is 0 Å². The van der Waals surface area contributed by atoms with Crippen LogP contribution in [0.2, 0.25) is 0 Å². The second kappa shape index (κ2) is 14.9. The van der Waals surface area contributed by atoms with Crippen molar-refractivity contribution >= 4 is 0 Å². The maximum atomic E-state index is 5.53. The first kappa shape index (κ1) is 15.9. The van der Waals surface area contributed by atoms with Crippen molar-refractivity contribution in [3.8, 4) is 0 Å². The molecule has 0 aliphatic carbocycles. The van der Waals surface area contributed by atoms with E-state index in [9.17, 15) is 0 Å². The van der Waals surface area contributed by atoms with E-state index in [-0.39, 0.29) is 0 Å². The topological polar surface area (TPSA) is 18.5 Å². The van der Waals surface area contributed by atoms with Gasteiger partial charge in [-0.25, -0.2) is 0 Å². The number of unbranched alkanes of at least 4 members (excludes halogenated alkanes) is 5. The highest BCUT2D eigenvalue weighted by atomic mass is 16.5. The predicted octanol–water partition coefficient (Wildman–Crippen LogP) is 4.18. The van der Waals surface area contributed by atoms with Crippen molar-refractivity contribution in [3.63, 3.8) is 0 Å². The second-order valence-electron chi connectivity index (χ2n) is 4.35. The molecule has 0 amide bonds. The Kier molecular flexibility index (Phi) is 14.8. The minimum atomic E-state index is 0.905. The van der Waals surface area contributed by atoms with Crippen LogP contribution in [-0.4, -0.2) is 26.4 Å². The Balaban J connectivity index is 2.83. The summed E-state index contributed by atoms with van der Waals surface area (Å²) in [6, 6.07) is 0. The van der Waals surface area contributed by atoms with Gasteiger partial charge in [0.25, 0.3) is 0 Å². The molecule has 0 spiro atoms. The standard InChI is InChI=1S/C14H30O2/c1-3-5-7-11-15-13-9-10-14-16-12-8-6-4-2/h3-14H2,1-2H3. The van der Waals surface area contributed by atoms with Gasteiger partial charge in [0.05, 0.1) is 0 Å². The lowest BCUT2D eigenvalue weighted by molar-refractivity contribution is 0.0994. The molecule has 0 aliphatic rings. The molecule has 0 aromatic carbocycles. The molecule has 16 heavy (non-hydrogen) atoms. The molecule has 0 bridgehead atoms. The molecule has 2 heteroatoms. The summed E-state index contributed by atoms with van der Waals surface area (Å²) in [5.41, 5.74) is 0. The third-order valence-electron chi connectivity index (χ3n) is 2.61. The van der Waals surface area contributed by atoms with Crippen LogP contribution >= 0.6 is 0 Å². The van der Waals surface area contributed by atoms with E-state index < -0.39 is 0 Å². The fourth-order valence-corrected chi connectivity index (χ4v) is 1.52. The molecular formula is C14H30O2. The van der Waals surface area contributed by atoms with Crippen LogP contribution < -0.4 is 0 Å². The van der Waals surface area contributed by atoms with E-state index >= 15 is 0 Å². The Morgan fingerprint density at radius 1 is 0.500 bits per heavy atom. The maximum Gasteiger partial charge on any atom is 0.0466 e. The molecule has 0 saturated carbocycles. The Labute approximate surface area is 102 Å². The molecule has 0 unspecified atom stereocenters. The summed E-state index contributed by atoms with van der Waals surface area (Å²) in [5.74, 6) is 0. The molecule has 2 nitrogen and oxygen atoms in total. The molecule has 0 N–H and O–H groups in total. The second-order valence-corrected chi connectivity index (χ2v) is 4.35. The minimum absolute atomic E-state index is 0.905. The smallest absolute Gasteiger partial charge is 0.0466 e. The monoisotopic (exact) mass is 230 g/mol. The van der Waals surface area contributed by atoms with Gasteiger partial charge in [0.15, 0.2) is 0 Å². The molecule has 0 fully saturated rings. The third-order valence-corrected chi connectivity index (χ3v) is 2.61. The zero-order chi connectivity index (χ0) is 11.9. The van der Waals surface area contributed by atoms with Gasteiger partial charge in [-0.15, -0.1) is 0 Å². The van der Waals surface area contributed by atoms with Gasteiger partial charge in [-0.05, 0) is 25.7 Å². The molecule has 0 aliphatic heterocycles. The van der Waals surface area contributed by atoms with Crippen LogP contribution in [-0.2, 0) is 9.47 Å². The van der Waals surface area contributed by atoms with Gasteiger partial charge in [-0.2, -0.15) is 0 Å². The molecule has 0 rings (SSSR count). The SMILES string of the molecule is CCCCCOCCCCOCCCCC. The molecule has 0 atom stereocenters. The van der Waals surface area contributed by atoms with E-state index in [4.69, 9.17) is 9.47 Å². The summed E-state index contributed by atoms with van der Waals surface area (Å²) in [6.45, 7) is 8.12. The summed E-state index contributed by atoms with van der Waals surface area (Å²) >= 11 is 0. The molecule has 0 radical (unpaired) electrons. The number of hydrogen-bond acceptors (Lipinski definition) is 2. The number of rotatable bonds is 13. The fourth-order valence-electron chi connectivity index (χ4n) is 1.52. The summed E-state index contributed by atoms with van der Waals surface area (Å²) in [5, 5.41) is 0. The van der Waals surface area contributed by atoms with Gasteiger partial charge in [0.2, 0.25) is 0 Å². The highest BCUT2D eigenvalue weighted by Gasteiger charge is 1.92. The Hall–Kier alpha value is -0.0800. The van der Waals surface area contributed by atoms with E-state index in [0.29, 0.717) is 0 Å². The van der Waals surface area contributed by atoms with Crippen molar-refractivity contribution < 1.29 is 9.47 Å². The van der Waals surface area contributed by atoms with Crippen LogP contribution in [0, 0.1) is 0 Å². The van der Waals surface area contributed by atoms with Gasteiger partial charge in [-0.1, -0.05) is 39.5 Å². The normalized spacial score (nSPS) is 10.9. The van der Waals surface area contributed by atoms with Crippen LogP contribution in [0.25, 0.3) is 0 Å². The number of ether oxygens (including phenoxy) is 2. The Morgan fingerprint density at radius 3 is 1.12 bits per heavy atom.